The minimum Gasteiger partial charge on any atom is -0.373 e. The van der Waals surface area contributed by atoms with Gasteiger partial charge < -0.3 is 9.80 Å². The zero-order chi connectivity index (χ0) is 19.8. The van der Waals surface area contributed by atoms with Gasteiger partial charge in [-0.25, -0.2) is 8.42 Å². The predicted octanol–water partition coefficient (Wildman–Crippen LogP) is 2.48. The van der Waals surface area contributed by atoms with Crippen LogP contribution in [0.5, 0.6) is 0 Å². The molecule has 28 heavy (non-hydrogen) atoms. The summed E-state index contributed by atoms with van der Waals surface area (Å²) >= 11 is 0. The van der Waals surface area contributed by atoms with E-state index in [1.165, 1.54) is 17.5 Å². The lowest BCUT2D eigenvalue weighted by atomic mass is 9.74. The number of likely N-dealkylation sites (N-methyl/N-ethyl adjacent to an activating group) is 1. The van der Waals surface area contributed by atoms with E-state index in [-0.39, 0.29) is 5.41 Å². The number of nitrogens with zero attached hydrogens (tertiary/aromatic N) is 3. The van der Waals surface area contributed by atoms with Gasteiger partial charge in [0.25, 0.3) is 0 Å². The molecule has 0 saturated carbocycles. The number of nitrogens with one attached hydrogen (secondary N) is 1. The monoisotopic (exact) mass is 400 g/mol. The predicted molar refractivity (Wildman–Crippen MR) is 113 cm³/mol. The Labute approximate surface area is 167 Å². The second-order valence-corrected chi connectivity index (χ2v) is 9.90. The van der Waals surface area contributed by atoms with Crippen LogP contribution in [0.4, 0.5) is 11.4 Å². The second-order valence-electron chi connectivity index (χ2n) is 8.16. The molecule has 0 radical (unpaired) electrons. The first-order valence-electron chi connectivity index (χ1n) is 9.80. The summed E-state index contributed by atoms with van der Waals surface area (Å²) in [5.41, 5.74) is 4.42. The number of piperidine rings is 1. The number of hydrogen-bond acceptors (Lipinski definition) is 5. The molecular formula is C21H28N4O2S. The minimum atomic E-state index is -3.27. The van der Waals surface area contributed by atoms with Gasteiger partial charge in [-0.05, 0) is 61.8 Å². The molecule has 2 aliphatic heterocycles. The van der Waals surface area contributed by atoms with E-state index in [2.05, 4.69) is 32.6 Å². The van der Waals surface area contributed by atoms with Crippen molar-refractivity contribution in [1.29, 1.82) is 0 Å². The van der Waals surface area contributed by atoms with Crippen molar-refractivity contribution in [3.05, 3.63) is 53.9 Å². The number of sulfonamides is 1. The maximum Gasteiger partial charge on any atom is 0.229 e. The van der Waals surface area contributed by atoms with Crippen LogP contribution < -0.4 is 9.62 Å². The maximum atomic E-state index is 11.6. The Bertz CT molecular complexity index is 938. The first kappa shape index (κ1) is 19.2. The SMILES string of the molecule is CN1CC2(CCN(CCc3ccccn3)CC2)c2cc(NS(C)(=O)=O)ccc21. The van der Waals surface area contributed by atoms with Crippen molar-refractivity contribution in [3.8, 4) is 0 Å². The summed E-state index contributed by atoms with van der Waals surface area (Å²) in [5, 5.41) is 0. The fraction of sp³-hybridized carbons (Fsp3) is 0.476. The minimum absolute atomic E-state index is 0.112. The Morgan fingerprint density at radius 3 is 2.64 bits per heavy atom. The highest BCUT2D eigenvalue weighted by molar-refractivity contribution is 7.92. The van der Waals surface area contributed by atoms with Crippen LogP contribution in [0.3, 0.4) is 0 Å². The molecule has 0 unspecified atom stereocenters. The van der Waals surface area contributed by atoms with Crippen molar-refractivity contribution >= 4 is 21.4 Å². The van der Waals surface area contributed by atoms with Gasteiger partial charge in [0.2, 0.25) is 10.0 Å². The van der Waals surface area contributed by atoms with E-state index in [4.69, 9.17) is 0 Å². The fourth-order valence-electron chi connectivity index (χ4n) is 4.65. The molecule has 4 rings (SSSR count). The number of fused-ring (bicyclic) bond motifs is 2. The second kappa shape index (κ2) is 7.37. The Morgan fingerprint density at radius 1 is 1.18 bits per heavy atom. The lowest BCUT2D eigenvalue weighted by Crippen LogP contribution is -2.45. The molecule has 0 atom stereocenters. The number of pyridine rings is 1. The molecule has 0 bridgehead atoms. The summed E-state index contributed by atoms with van der Waals surface area (Å²) in [6.07, 6.45) is 6.21. The van der Waals surface area contributed by atoms with Crippen LogP contribution in [0, 0.1) is 0 Å². The van der Waals surface area contributed by atoms with Crippen molar-refractivity contribution in [2.45, 2.75) is 24.7 Å². The van der Waals surface area contributed by atoms with E-state index in [1.54, 1.807) is 0 Å². The van der Waals surface area contributed by atoms with Crippen LogP contribution in [-0.4, -0.2) is 57.8 Å². The zero-order valence-corrected chi connectivity index (χ0v) is 17.4. The van der Waals surface area contributed by atoms with Crippen LogP contribution in [-0.2, 0) is 21.9 Å². The van der Waals surface area contributed by atoms with Gasteiger partial charge >= 0.3 is 0 Å². The molecule has 1 saturated heterocycles. The van der Waals surface area contributed by atoms with E-state index >= 15 is 0 Å². The van der Waals surface area contributed by atoms with Gasteiger partial charge in [-0.3, -0.25) is 9.71 Å². The van der Waals surface area contributed by atoms with E-state index in [0.717, 1.165) is 51.1 Å². The molecular weight excluding hydrogens is 372 g/mol. The number of hydrogen-bond donors (Lipinski definition) is 1. The average molecular weight is 401 g/mol. The van der Waals surface area contributed by atoms with Crippen LogP contribution in [0.25, 0.3) is 0 Å². The first-order valence-corrected chi connectivity index (χ1v) is 11.7. The summed E-state index contributed by atoms with van der Waals surface area (Å²) in [4.78, 5) is 9.26. The number of aromatic nitrogens is 1. The molecule has 150 valence electrons. The van der Waals surface area contributed by atoms with Gasteiger partial charge in [0, 0.05) is 55.2 Å². The molecule has 1 aromatic carbocycles. The third-order valence-electron chi connectivity index (χ3n) is 6.05. The summed E-state index contributed by atoms with van der Waals surface area (Å²) in [6, 6.07) is 12.0. The summed E-state index contributed by atoms with van der Waals surface area (Å²) in [6.45, 7) is 4.15. The van der Waals surface area contributed by atoms with Gasteiger partial charge in [-0.1, -0.05) is 6.07 Å². The van der Waals surface area contributed by atoms with Gasteiger partial charge in [-0.15, -0.1) is 0 Å². The number of rotatable bonds is 5. The molecule has 6 nitrogen and oxygen atoms in total. The lowest BCUT2D eigenvalue weighted by molar-refractivity contribution is 0.168. The normalized spacial score (nSPS) is 19.0. The Hall–Kier alpha value is -2.12. The molecule has 0 amide bonds. The van der Waals surface area contributed by atoms with E-state index in [9.17, 15) is 8.42 Å². The van der Waals surface area contributed by atoms with E-state index < -0.39 is 10.0 Å². The van der Waals surface area contributed by atoms with Crippen LogP contribution in [0.2, 0.25) is 0 Å². The van der Waals surface area contributed by atoms with Crippen LogP contribution in [0.1, 0.15) is 24.1 Å². The molecule has 2 aromatic rings. The number of benzene rings is 1. The number of anilines is 2. The molecule has 2 aliphatic rings. The molecule has 3 heterocycles. The Morgan fingerprint density at radius 2 is 1.96 bits per heavy atom. The first-order chi connectivity index (χ1) is 13.3. The molecule has 1 aromatic heterocycles. The van der Waals surface area contributed by atoms with Gasteiger partial charge in [0.05, 0.1) is 6.26 Å². The quantitative estimate of drug-likeness (QED) is 0.835. The Balaban J connectivity index is 1.46. The molecule has 1 spiro atoms. The van der Waals surface area contributed by atoms with Crippen LogP contribution in [0.15, 0.2) is 42.6 Å². The molecule has 7 heteroatoms. The maximum absolute atomic E-state index is 11.6. The summed E-state index contributed by atoms with van der Waals surface area (Å²) in [7, 11) is -1.14. The van der Waals surface area contributed by atoms with E-state index in [0.29, 0.717) is 5.69 Å². The van der Waals surface area contributed by atoms with Crippen molar-refractivity contribution in [2.75, 3.05) is 49.1 Å². The van der Waals surface area contributed by atoms with Crippen molar-refractivity contribution in [2.24, 2.45) is 0 Å². The third kappa shape index (κ3) is 4.00. The standard InChI is InChI=1S/C21H28N4O2S/c1-24-16-21(19-15-18(6-7-20(19)24)23-28(2,26)27)9-13-25(14-10-21)12-8-17-5-3-4-11-22-17/h3-7,11,15,23H,8-10,12-14,16H2,1-2H3. The number of likely N-dealkylation sites (tertiary alicyclic amines) is 1. The van der Waals surface area contributed by atoms with Crippen LogP contribution >= 0.6 is 0 Å². The van der Waals surface area contributed by atoms with Gasteiger partial charge in [0.15, 0.2) is 0 Å². The molecule has 1 N–H and O–H groups in total. The third-order valence-corrected chi connectivity index (χ3v) is 6.65. The van der Waals surface area contributed by atoms with Crippen molar-refractivity contribution < 1.29 is 8.42 Å². The fourth-order valence-corrected chi connectivity index (χ4v) is 5.20. The topological polar surface area (TPSA) is 65.5 Å². The van der Waals surface area contributed by atoms with E-state index in [1.807, 2.05) is 36.5 Å². The highest BCUT2D eigenvalue weighted by Crippen LogP contribution is 2.47. The van der Waals surface area contributed by atoms with Gasteiger partial charge in [-0.2, -0.15) is 0 Å². The molecule has 1 fully saturated rings. The average Bonchev–Trinajstić information content (AvgIpc) is 2.92. The lowest BCUT2D eigenvalue weighted by Gasteiger charge is -2.40. The highest BCUT2D eigenvalue weighted by Gasteiger charge is 2.43. The van der Waals surface area contributed by atoms with Gasteiger partial charge in [0.1, 0.15) is 0 Å². The highest BCUT2D eigenvalue weighted by atomic mass is 32.2. The van der Waals surface area contributed by atoms with Crippen molar-refractivity contribution in [3.63, 3.8) is 0 Å². The van der Waals surface area contributed by atoms with Crippen molar-refractivity contribution in [1.82, 2.24) is 9.88 Å². The molecule has 0 aliphatic carbocycles. The Kier molecular flexibility index (Phi) is 5.05. The largest absolute Gasteiger partial charge is 0.373 e. The zero-order valence-electron chi connectivity index (χ0n) is 16.6. The summed E-state index contributed by atoms with van der Waals surface area (Å²) < 4.78 is 25.9. The smallest absolute Gasteiger partial charge is 0.229 e. The summed E-state index contributed by atoms with van der Waals surface area (Å²) in [5.74, 6) is 0.